The minimum atomic E-state index is -0.602. The highest BCUT2D eigenvalue weighted by Gasteiger charge is 2.22. The fourth-order valence-electron chi connectivity index (χ4n) is 3.27. The molecular weight excluding hydrogens is 384 g/mol. The van der Waals surface area contributed by atoms with E-state index in [1.807, 2.05) is 36.4 Å². The van der Waals surface area contributed by atoms with Crippen LogP contribution in [0.2, 0.25) is 0 Å². The highest BCUT2D eigenvalue weighted by molar-refractivity contribution is 6.04. The number of ether oxygens (including phenoxy) is 3. The van der Waals surface area contributed by atoms with E-state index in [2.05, 4.69) is 4.99 Å². The molecule has 0 atom stereocenters. The van der Waals surface area contributed by atoms with Crippen molar-refractivity contribution in [2.24, 2.45) is 4.99 Å². The number of amides is 1. The molecule has 3 aromatic rings. The normalized spacial score (nSPS) is 11.7. The number of rotatable bonds is 6. The van der Waals surface area contributed by atoms with Crippen LogP contribution < -0.4 is 15.0 Å². The van der Waals surface area contributed by atoms with Gasteiger partial charge in [-0.15, -0.1) is 0 Å². The first kappa shape index (κ1) is 19.6. The van der Waals surface area contributed by atoms with Gasteiger partial charge in [0.15, 0.2) is 17.2 Å². The molecule has 3 aromatic carbocycles. The van der Waals surface area contributed by atoms with Gasteiger partial charge in [-0.3, -0.25) is 15.0 Å². The summed E-state index contributed by atoms with van der Waals surface area (Å²) in [4.78, 5) is 16.8. The number of hydrogen-bond acceptors (Lipinski definition) is 6. The average molecular weight is 404 g/mol. The summed E-state index contributed by atoms with van der Waals surface area (Å²) < 4.78 is 17.2. The van der Waals surface area contributed by atoms with Crippen molar-refractivity contribution in [2.75, 3.05) is 20.3 Å². The van der Waals surface area contributed by atoms with E-state index in [0.29, 0.717) is 52.8 Å². The van der Waals surface area contributed by atoms with Crippen molar-refractivity contribution in [3.05, 3.63) is 71.8 Å². The van der Waals surface area contributed by atoms with Crippen LogP contribution in [0.3, 0.4) is 0 Å². The lowest BCUT2D eigenvalue weighted by Gasteiger charge is -2.17. The van der Waals surface area contributed by atoms with Crippen LogP contribution in [0.25, 0.3) is 11.1 Å². The van der Waals surface area contributed by atoms with Gasteiger partial charge in [0.25, 0.3) is 5.91 Å². The number of methoxy groups -OCH3 is 1. The predicted octanol–water partition coefficient (Wildman–Crippen LogP) is 4.35. The van der Waals surface area contributed by atoms with Crippen molar-refractivity contribution in [1.82, 2.24) is 5.48 Å². The van der Waals surface area contributed by atoms with Gasteiger partial charge in [-0.2, -0.15) is 0 Å². The number of para-hydroxylation sites is 2. The van der Waals surface area contributed by atoms with Crippen LogP contribution in [0.4, 0.5) is 5.69 Å². The van der Waals surface area contributed by atoms with Gasteiger partial charge >= 0.3 is 0 Å². The summed E-state index contributed by atoms with van der Waals surface area (Å²) in [6, 6.07) is 18.1. The largest absolute Gasteiger partial charge is 0.487 e. The van der Waals surface area contributed by atoms with Gasteiger partial charge in [0.2, 0.25) is 0 Å². The average Bonchev–Trinajstić information content (AvgIpc) is 2.99. The van der Waals surface area contributed by atoms with Gasteiger partial charge in [0, 0.05) is 24.5 Å². The van der Waals surface area contributed by atoms with Crippen LogP contribution in [0.5, 0.6) is 17.2 Å². The van der Waals surface area contributed by atoms with Crippen molar-refractivity contribution in [3.63, 3.8) is 0 Å². The zero-order valence-electron chi connectivity index (χ0n) is 16.3. The molecule has 0 spiro atoms. The number of fused-ring (bicyclic) bond motifs is 2. The molecule has 1 aliphatic heterocycles. The van der Waals surface area contributed by atoms with Crippen LogP contribution in [0.1, 0.15) is 15.9 Å². The molecule has 2 N–H and O–H groups in total. The van der Waals surface area contributed by atoms with E-state index in [1.54, 1.807) is 43.1 Å². The van der Waals surface area contributed by atoms with Crippen LogP contribution in [-0.4, -0.2) is 37.7 Å². The standard InChI is InChI=1S/C23H20N2O5/c1-28-12-13-29-21-11-10-16(15-6-2-3-7-17(15)23(26)25-27)18-14-24-19-8-4-5-9-20(19)30-22(18)21/h2-11,14,27H,12-13H2,1H3,(H,25,26). The maximum atomic E-state index is 12.2. The Labute approximate surface area is 173 Å². The Morgan fingerprint density at radius 3 is 2.67 bits per heavy atom. The highest BCUT2D eigenvalue weighted by atomic mass is 16.5. The molecule has 1 aliphatic rings. The number of nitrogens with one attached hydrogen (secondary N) is 1. The third-order valence-corrected chi connectivity index (χ3v) is 4.68. The number of carbonyl (C=O) groups is 1. The zero-order chi connectivity index (χ0) is 20.9. The van der Waals surface area contributed by atoms with E-state index in [9.17, 15) is 4.79 Å². The first-order chi connectivity index (χ1) is 14.7. The van der Waals surface area contributed by atoms with E-state index < -0.39 is 5.91 Å². The summed E-state index contributed by atoms with van der Waals surface area (Å²) >= 11 is 0. The first-order valence-corrected chi connectivity index (χ1v) is 9.36. The van der Waals surface area contributed by atoms with Crippen molar-refractivity contribution in [3.8, 4) is 28.4 Å². The molecule has 152 valence electrons. The second-order valence-electron chi connectivity index (χ2n) is 6.51. The number of hydrogen-bond donors (Lipinski definition) is 2. The summed E-state index contributed by atoms with van der Waals surface area (Å²) in [6.45, 7) is 0.786. The third kappa shape index (κ3) is 3.76. The van der Waals surface area contributed by atoms with E-state index in [1.165, 1.54) is 0 Å². The Morgan fingerprint density at radius 1 is 1.03 bits per heavy atom. The molecule has 0 bridgehead atoms. The molecule has 0 aliphatic carbocycles. The van der Waals surface area contributed by atoms with Crippen molar-refractivity contribution in [2.45, 2.75) is 0 Å². The maximum absolute atomic E-state index is 12.2. The third-order valence-electron chi connectivity index (χ3n) is 4.68. The van der Waals surface area contributed by atoms with E-state index in [4.69, 9.17) is 19.4 Å². The lowest BCUT2D eigenvalue weighted by atomic mass is 9.94. The Morgan fingerprint density at radius 2 is 1.83 bits per heavy atom. The summed E-state index contributed by atoms with van der Waals surface area (Å²) in [5.74, 6) is 1.03. The number of aliphatic imine (C=N–C) groups is 1. The monoisotopic (exact) mass is 404 g/mol. The van der Waals surface area contributed by atoms with Crippen LogP contribution in [0.15, 0.2) is 65.7 Å². The molecule has 4 rings (SSSR count). The van der Waals surface area contributed by atoms with Crippen molar-refractivity contribution < 1.29 is 24.2 Å². The van der Waals surface area contributed by atoms with Crippen LogP contribution in [-0.2, 0) is 4.74 Å². The Kier molecular flexibility index (Phi) is 5.74. The quantitative estimate of drug-likeness (QED) is 0.283. The Hall–Kier alpha value is -3.68. The van der Waals surface area contributed by atoms with Crippen molar-refractivity contribution >= 4 is 17.8 Å². The minimum Gasteiger partial charge on any atom is -0.487 e. The fourth-order valence-corrected chi connectivity index (χ4v) is 3.27. The SMILES string of the molecule is COCCOc1ccc(-c2ccccc2C(=O)NO)c2c1Oc1ccccc1N=C2. The topological polar surface area (TPSA) is 89.4 Å². The molecule has 7 heteroatoms. The summed E-state index contributed by atoms with van der Waals surface area (Å²) in [7, 11) is 1.61. The summed E-state index contributed by atoms with van der Waals surface area (Å²) in [6.07, 6.45) is 1.70. The van der Waals surface area contributed by atoms with Gasteiger partial charge < -0.3 is 14.2 Å². The molecule has 0 radical (unpaired) electrons. The number of hydroxylamine groups is 1. The summed E-state index contributed by atoms with van der Waals surface area (Å²) in [5.41, 5.74) is 4.73. The van der Waals surface area contributed by atoms with Crippen LogP contribution in [0, 0.1) is 0 Å². The lowest BCUT2D eigenvalue weighted by Crippen LogP contribution is -2.19. The maximum Gasteiger partial charge on any atom is 0.275 e. The smallest absolute Gasteiger partial charge is 0.275 e. The molecule has 0 saturated carbocycles. The molecule has 0 saturated heterocycles. The molecule has 1 heterocycles. The van der Waals surface area contributed by atoms with Gasteiger partial charge in [-0.05, 0) is 41.5 Å². The zero-order valence-corrected chi connectivity index (χ0v) is 16.3. The van der Waals surface area contributed by atoms with Gasteiger partial charge in [0.05, 0.1) is 6.61 Å². The van der Waals surface area contributed by atoms with Crippen molar-refractivity contribution in [1.29, 1.82) is 0 Å². The Bertz CT molecular complexity index is 1110. The molecule has 7 nitrogen and oxygen atoms in total. The number of nitrogens with zero attached hydrogens (tertiary/aromatic N) is 1. The predicted molar refractivity (Wildman–Crippen MR) is 112 cm³/mol. The lowest BCUT2D eigenvalue weighted by molar-refractivity contribution is 0.0707. The van der Waals surface area contributed by atoms with E-state index >= 15 is 0 Å². The number of benzene rings is 3. The summed E-state index contributed by atoms with van der Waals surface area (Å²) in [5, 5.41) is 9.14. The molecule has 0 fully saturated rings. The molecule has 30 heavy (non-hydrogen) atoms. The second kappa shape index (κ2) is 8.77. The molecule has 1 amide bonds. The van der Waals surface area contributed by atoms with Gasteiger partial charge in [0.1, 0.15) is 12.3 Å². The fraction of sp³-hybridized carbons (Fsp3) is 0.130. The molecule has 0 aromatic heterocycles. The second-order valence-corrected chi connectivity index (χ2v) is 6.51. The van der Waals surface area contributed by atoms with E-state index in [-0.39, 0.29) is 0 Å². The first-order valence-electron chi connectivity index (χ1n) is 9.36. The highest BCUT2D eigenvalue weighted by Crippen LogP contribution is 2.44. The van der Waals surface area contributed by atoms with Crippen LogP contribution >= 0.6 is 0 Å². The Balaban J connectivity index is 1.89. The molecule has 0 unspecified atom stereocenters. The van der Waals surface area contributed by atoms with Gasteiger partial charge in [-0.25, -0.2) is 5.48 Å². The van der Waals surface area contributed by atoms with E-state index in [0.717, 1.165) is 5.56 Å². The number of carbonyl (C=O) groups excluding carboxylic acids is 1. The molecular formula is C23H20N2O5. The minimum absolute atomic E-state index is 0.324. The van der Waals surface area contributed by atoms with Gasteiger partial charge in [-0.1, -0.05) is 30.3 Å².